The minimum atomic E-state index is -0.308. The normalized spacial score (nSPS) is 10.4. The molecule has 0 N–H and O–H groups in total. The summed E-state index contributed by atoms with van der Waals surface area (Å²) in [5.41, 5.74) is 1.90. The van der Waals surface area contributed by atoms with E-state index in [1.54, 1.807) is 12.1 Å². The standard InChI is InChI=1S/C20H16O2/c21-18-14-8-3-9-15-19(18)22-20(16-10-4-1-5-11-16)17-12-6-2-7-13-17/h1-15,20H. The third-order valence-electron chi connectivity index (χ3n) is 3.41. The Morgan fingerprint density at radius 1 is 0.591 bits per heavy atom. The van der Waals surface area contributed by atoms with E-state index < -0.39 is 0 Å². The van der Waals surface area contributed by atoms with Gasteiger partial charge in [0.05, 0.1) is 0 Å². The van der Waals surface area contributed by atoms with E-state index in [4.69, 9.17) is 4.74 Å². The van der Waals surface area contributed by atoms with Crippen LogP contribution in [0.25, 0.3) is 0 Å². The highest BCUT2D eigenvalue weighted by molar-refractivity contribution is 5.32. The van der Waals surface area contributed by atoms with Crippen molar-refractivity contribution in [3.63, 3.8) is 0 Å². The van der Waals surface area contributed by atoms with Gasteiger partial charge in [-0.15, -0.1) is 0 Å². The summed E-state index contributed by atoms with van der Waals surface area (Å²) < 4.78 is 6.06. The fourth-order valence-electron chi connectivity index (χ4n) is 2.32. The molecule has 3 aromatic carbocycles. The summed E-state index contributed by atoms with van der Waals surface area (Å²) in [4.78, 5) is 12.1. The molecule has 0 saturated carbocycles. The lowest BCUT2D eigenvalue weighted by Crippen LogP contribution is -2.13. The fraction of sp³-hybridized carbons (Fsp3) is 0.0500. The molecule has 0 spiro atoms. The van der Waals surface area contributed by atoms with Gasteiger partial charge in [-0.05, 0) is 23.3 Å². The molecule has 2 heteroatoms. The number of ether oxygens (including phenoxy) is 1. The molecule has 0 bridgehead atoms. The molecule has 0 heterocycles. The van der Waals surface area contributed by atoms with E-state index in [1.807, 2.05) is 72.8 Å². The Morgan fingerprint density at radius 2 is 1.05 bits per heavy atom. The quantitative estimate of drug-likeness (QED) is 0.718. The zero-order valence-electron chi connectivity index (χ0n) is 12.1. The van der Waals surface area contributed by atoms with Gasteiger partial charge in [0.15, 0.2) is 5.75 Å². The van der Waals surface area contributed by atoms with Crippen molar-refractivity contribution in [3.8, 4) is 5.75 Å². The second-order valence-electron chi connectivity index (χ2n) is 4.96. The van der Waals surface area contributed by atoms with Gasteiger partial charge in [-0.2, -0.15) is 0 Å². The third-order valence-corrected chi connectivity index (χ3v) is 3.41. The zero-order chi connectivity index (χ0) is 15.2. The van der Waals surface area contributed by atoms with Gasteiger partial charge in [0, 0.05) is 0 Å². The maximum atomic E-state index is 12.1. The predicted octanol–water partition coefficient (Wildman–Crippen LogP) is 4.22. The van der Waals surface area contributed by atoms with Crippen LogP contribution in [0.3, 0.4) is 0 Å². The number of hydrogen-bond donors (Lipinski definition) is 0. The van der Waals surface area contributed by atoms with Gasteiger partial charge in [0.1, 0.15) is 6.10 Å². The van der Waals surface area contributed by atoms with E-state index in [2.05, 4.69) is 0 Å². The van der Waals surface area contributed by atoms with E-state index in [-0.39, 0.29) is 11.5 Å². The van der Waals surface area contributed by atoms with Crippen LogP contribution in [0, 0.1) is 0 Å². The first-order valence-electron chi connectivity index (χ1n) is 7.20. The molecular formula is C20H16O2. The lowest BCUT2D eigenvalue weighted by Gasteiger charge is -2.19. The van der Waals surface area contributed by atoms with Crippen LogP contribution in [0.2, 0.25) is 0 Å². The first-order valence-corrected chi connectivity index (χ1v) is 7.20. The Morgan fingerprint density at radius 3 is 1.59 bits per heavy atom. The van der Waals surface area contributed by atoms with Gasteiger partial charge >= 0.3 is 0 Å². The van der Waals surface area contributed by atoms with Crippen LogP contribution in [0.5, 0.6) is 5.75 Å². The van der Waals surface area contributed by atoms with Crippen molar-refractivity contribution in [3.05, 3.63) is 112 Å². The van der Waals surface area contributed by atoms with E-state index in [9.17, 15) is 4.79 Å². The van der Waals surface area contributed by atoms with Gasteiger partial charge in [-0.25, -0.2) is 0 Å². The van der Waals surface area contributed by atoms with Crippen LogP contribution >= 0.6 is 0 Å². The van der Waals surface area contributed by atoms with Crippen LogP contribution in [-0.2, 0) is 0 Å². The van der Waals surface area contributed by atoms with Crippen LogP contribution in [0.15, 0.2) is 95.8 Å². The van der Waals surface area contributed by atoms with Gasteiger partial charge in [-0.1, -0.05) is 78.9 Å². The largest absolute Gasteiger partial charge is 0.477 e. The van der Waals surface area contributed by atoms with E-state index in [0.29, 0.717) is 5.75 Å². The van der Waals surface area contributed by atoms with Gasteiger partial charge < -0.3 is 4.74 Å². The summed E-state index contributed by atoms with van der Waals surface area (Å²) in [6.07, 6.45) is -0.308. The van der Waals surface area contributed by atoms with E-state index in [0.717, 1.165) is 11.1 Å². The van der Waals surface area contributed by atoms with Crippen molar-refractivity contribution in [2.75, 3.05) is 0 Å². The highest BCUT2D eigenvalue weighted by Gasteiger charge is 2.16. The maximum absolute atomic E-state index is 12.1. The minimum Gasteiger partial charge on any atom is -0.477 e. The second kappa shape index (κ2) is 6.72. The van der Waals surface area contributed by atoms with Gasteiger partial charge in [0.2, 0.25) is 5.43 Å². The number of benzene rings is 2. The molecule has 0 aliphatic heterocycles. The molecule has 3 rings (SSSR count). The lowest BCUT2D eigenvalue weighted by atomic mass is 10.0. The second-order valence-corrected chi connectivity index (χ2v) is 4.96. The molecule has 108 valence electrons. The molecule has 0 atom stereocenters. The topological polar surface area (TPSA) is 26.3 Å². The first kappa shape index (κ1) is 14.1. The van der Waals surface area contributed by atoms with Gasteiger partial charge in [0.25, 0.3) is 0 Å². The summed E-state index contributed by atoms with van der Waals surface area (Å²) in [5.74, 6) is 0.350. The molecule has 2 nitrogen and oxygen atoms in total. The Hall–Kier alpha value is -2.87. The summed E-state index contributed by atoms with van der Waals surface area (Å²) in [7, 11) is 0. The monoisotopic (exact) mass is 288 g/mol. The van der Waals surface area contributed by atoms with E-state index in [1.165, 1.54) is 6.07 Å². The molecule has 0 saturated heterocycles. The Bertz CT molecular complexity index is 743. The van der Waals surface area contributed by atoms with Crippen LogP contribution < -0.4 is 10.2 Å². The van der Waals surface area contributed by atoms with E-state index >= 15 is 0 Å². The average Bonchev–Trinajstić information content (AvgIpc) is 2.78. The van der Waals surface area contributed by atoms with Crippen molar-refractivity contribution in [1.82, 2.24) is 0 Å². The van der Waals surface area contributed by atoms with Crippen molar-refractivity contribution in [2.24, 2.45) is 0 Å². The summed E-state index contributed by atoms with van der Waals surface area (Å²) in [6.45, 7) is 0. The Balaban J connectivity index is 2.04. The molecule has 0 aromatic heterocycles. The smallest absolute Gasteiger partial charge is 0.220 e. The van der Waals surface area contributed by atoms with Crippen molar-refractivity contribution >= 4 is 0 Å². The molecule has 0 aliphatic carbocycles. The molecular weight excluding hydrogens is 272 g/mol. The molecule has 0 radical (unpaired) electrons. The minimum absolute atomic E-state index is 0.123. The zero-order valence-corrected chi connectivity index (χ0v) is 12.1. The molecule has 0 amide bonds. The SMILES string of the molecule is O=c1cccccc1OC(c1ccccc1)c1ccccc1. The van der Waals surface area contributed by atoms with Gasteiger partial charge in [-0.3, -0.25) is 4.79 Å². The van der Waals surface area contributed by atoms with Crippen LogP contribution in [0.4, 0.5) is 0 Å². The molecule has 0 fully saturated rings. The van der Waals surface area contributed by atoms with Crippen LogP contribution in [-0.4, -0.2) is 0 Å². The maximum Gasteiger partial charge on any atom is 0.220 e. The lowest BCUT2D eigenvalue weighted by molar-refractivity contribution is 0.245. The number of hydrogen-bond acceptors (Lipinski definition) is 2. The fourth-order valence-corrected chi connectivity index (χ4v) is 2.32. The highest BCUT2D eigenvalue weighted by atomic mass is 16.5. The Labute approximate surface area is 129 Å². The summed E-state index contributed by atoms with van der Waals surface area (Å²) >= 11 is 0. The highest BCUT2D eigenvalue weighted by Crippen LogP contribution is 2.26. The summed E-state index contributed by atoms with van der Waals surface area (Å²) in [6, 6.07) is 28.4. The average molecular weight is 288 g/mol. The van der Waals surface area contributed by atoms with Crippen LogP contribution in [0.1, 0.15) is 17.2 Å². The van der Waals surface area contributed by atoms with Crippen molar-refractivity contribution in [1.29, 1.82) is 0 Å². The molecule has 0 aliphatic rings. The molecule has 0 unspecified atom stereocenters. The van der Waals surface area contributed by atoms with Crippen molar-refractivity contribution in [2.45, 2.75) is 6.10 Å². The van der Waals surface area contributed by atoms with Crippen molar-refractivity contribution < 1.29 is 4.74 Å². The Kier molecular flexibility index (Phi) is 4.30. The predicted molar refractivity (Wildman–Crippen MR) is 88.1 cm³/mol. The molecule has 22 heavy (non-hydrogen) atoms. The number of rotatable bonds is 4. The first-order chi connectivity index (χ1) is 10.8. The summed E-state index contributed by atoms with van der Waals surface area (Å²) in [5, 5.41) is 0. The third kappa shape index (κ3) is 3.23. The molecule has 3 aromatic rings.